The molecule has 0 bridgehead atoms. The molecule has 0 fully saturated rings. The molecule has 0 amide bonds. The van der Waals surface area contributed by atoms with Crippen LogP contribution in [-0.4, -0.2) is 16.7 Å². The Morgan fingerprint density at radius 2 is 1.80 bits per heavy atom. The fraction of sp³-hybridized carbons (Fsp3) is 0.176. The molecule has 4 rings (SSSR count). The molecule has 8 heteroatoms. The second-order valence-electron chi connectivity index (χ2n) is 5.25. The van der Waals surface area contributed by atoms with Crippen LogP contribution in [0.2, 0.25) is 0 Å². The number of benzene rings is 2. The standard InChI is InChI=1S/C17H12F2N2O4/c18-10-4-3-5-11(19)16(10)23-9-15-20-17(25-21-15)14-8-22-12-6-1-2-7-13(12)24-14/h1-7,14H,8-9H2. The van der Waals surface area contributed by atoms with Crippen molar-refractivity contribution in [3.05, 3.63) is 65.8 Å². The zero-order chi connectivity index (χ0) is 17.2. The number of nitrogens with zero attached hydrogens (tertiary/aromatic N) is 2. The van der Waals surface area contributed by atoms with Crippen LogP contribution in [0.15, 0.2) is 47.0 Å². The van der Waals surface area contributed by atoms with Crippen molar-refractivity contribution in [3.63, 3.8) is 0 Å². The van der Waals surface area contributed by atoms with Crippen molar-refractivity contribution in [3.8, 4) is 17.2 Å². The lowest BCUT2D eigenvalue weighted by molar-refractivity contribution is 0.0665. The van der Waals surface area contributed by atoms with Gasteiger partial charge < -0.3 is 18.7 Å². The summed E-state index contributed by atoms with van der Waals surface area (Å²) in [5, 5.41) is 3.73. The zero-order valence-corrected chi connectivity index (χ0v) is 12.8. The van der Waals surface area contributed by atoms with Crippen molar-refractivity contribution in [2.45, 2.75) is 12.7 Å². The number of ether oxygens (including phenoxy) is 3. The van der Waals surface area contributed by atoms with Gasteiger partial charge in [0.1, 0.15) is 6.61 Å². The third-order valence-electron chi connectivity index (χ3n) is 3.53. The Kier molecular flexibility index (Phi) is 3.93. The third kappa shape index (κ3) is 3.10. The SMILES string of the molecule is Fc1cccc(F)c1OCc1noc(C2COc3ccccc3O2)n1. The Hall–Kier alpha value is -3.16. The second-order valence-corrected chi connectivity index (χ2v) is 5.25. The van der Waals surface area contributed by atoms with Gasteiger partial charge in [0.05, 0.1) is 0 Å². The molecule has 0 saturated carbocycles. The summed E-state index contributed by atoms with van der Waals surface area (Å²) in [5.41, 5.74) is 0. The summed E-state index contributed by atoms with van der Waals surface area (Å²) in [7, 11) is 0. The lowest BCUT2D eigenvalue weighted by Gasteiger charge is -2.23. The lowest BCUT2D eigenvalue weighted by Crippen LogP contribution is -2.21. The Labute approximate surface area is 140 Å². The minimum Gasteiger partial charge on any atom is -0.485 e. The third-order valence-corrected chi connectivity index (χ3v) is 3.53. The zero-order valence-electron chi connectivity index (χ0n) is 12.8. The van der Waals surface area contributed by atoms with Crippen LogP contribution in [0.1, 0.15) is 17.8 Å². The van der Waals surface area contributed by atoms with Gasteiger partial charge in [0.25, 0.3) is 5.89 Å². The largest absolute Gasteiger partial charge is 0.485 e. The van der Waals surface area contributed by atoms with Gasteiger partial charge in [-0.05, 0) is 24.3 Å². The van der Waals surface area contributed by atoms with E-state index >= 15 is 0 Å². The van der Waals surface area contributed by atoms with E-state index in [-0.39, 0.29) is 24.9 Å². The minimum absolute atomic E-state index is 0.139. The molecule has 3 aromatic rings. The maximum Gasteiger partial charge on any atom is 0.271 e. The van der Waals surface area contributed by atoms with Crippen LogP contribution in [0, 0.1) is 11.6 Å². The van der Waals surface area contributed by atoms with Gasteiger partial charge in [0.2, 0.25) is 11.9 Å². The highest BCUT2D eigenvalue weighted by molar-refractivity contribution is 5.40. The van der Waals surface area contributed by atoms with Gasteiger partial charge in [0.15, 0.2) is 35.5 Å². The molecule has 0 N–H and O–H groups in total. The van der Waals surface area contributed by atoms with E-state index in [4.69, 9.17) is 18.7 Å². The summed E-state index contributed by atoms with van der Waals surface area (Å²) in [4.78, 5) is 4.13. The Morgan fingerprint density at radius 1 is 1.04 bits per heavy atom. The topological polar surface area (TPSA) is 66.6 Å². The summed E-state index contributed by atoms with van der Waals surface area (Å²) < 4.78 is 48.6. The molecule has 2 heterocycles. The number of rotatable bonds is 4. The lowest BCUT2D eigenvalue weighted by atomic mass is 10.2. The number of fused-ring (bicyclic) bond motifs is 1. The van der Waals surface area contributed by atoms with Gasteiger partial charge in [0, 0.05) is 0 Å². The van der Waals surface area contributed by atoms with Crippen LogP contribution in [-0.2, 0) is 6.61 Å². The van der Waals surface area contributed by atoms with Crippen LogP contribution in [0.3, 0.4) is 0 Å². The summed E-state index contributed by atoms with van der Waals surface area (Å²) >= 11 is 0. The summed E-state index contributed by atoms with van der Waals surface area (Å²) in [5.74, 6) is -0.545. The smallest absolute Gasteiger partial charge is 0.271 e. The molecule has 2 aromatic carbocycles. The number of hydrogen-bond donors (Lipinski definition) is 0. The van der Waals surface area contributed by atoms with Crippen molar-refractivity contribution in [1.82, 2.24) is 10.1 Å². The van der Waals surface area contributed by atoms with E-state index in [2.05, 4.69) is 10.1 Å². The van der Waals surface area contributed by atoms with Crippen LogP contribution in [0.4, 0.5) is 8.78 Å². The minimum atomic E-state index is -0.802. The highest BCUT2D eigenvalue weighted by Crippen LogP contribution is 2.35. The highest BCUT2D eigenvalue weighted by atomic mass is 19.1. The van der Waals surface area contributed by atoms with Crippen LogP contribution >= 0.6 is 0 Å². The number of aromatic nitrogens is 2. The molecule has 0 saturated heterocycles. The molecule has 1 atom stereocenters. The summed E-state index contributed by atoms with van der Waals surface area (Å²) in [6, 6.07) is 10.7. The molecular weight excluding hydrogens is 334 g/mol. The maximum absolute atomic E-state index is 13.5. The van der Waals surface area contributed by atoms with Gasteiger partial charge >= 0.3 is 0 Å². The molecule has 0 spiro atoms. The van der Waals surface area contributed by atoms with Gasteiger partial charge in [-0.15, -0.1) is 0 Å². The first-order valence-electron chi connectivity index (χ1n) is 7.48. The molecular formula is C17H12F2N2O4. The molecule has 1 aliphatic heterocycles. The number of hydrogen-bond acceptors (Lipinski definition) is 6. The van der Waals surface area contributed by atoms with Gasteiger partial charge in [-0.25, -0.2) is 8.78 Å². The quantitative estimate of drug-likeness (QED) is 0.721. The van der Waals surface area contributed by atoms with Gasteiger partial charge in [-0.2, -0.15) is 4.98 Å². The molecule has 128 valence electrons. The Balaban J connectivity index is 1.44. The molecule has 6 nitrogen and oxygen atoms in total. The predicted molar refractivity (Wildman–Crippen MR) is 80.3 cm³/mol. The van der Waals surface area contributed by atoms with Crippen LogP contribution < -0.4 is 14.2 Å². The van der Waals surface area contributed by atoms with E-state index in [0.29, 0.717) is 11.5 Å². The summed E-state index contributed by atoms with van der Waals surface area (Å²) in [6.45, 7) is -0.0348. The number of para-hydroxylation sites is 3. The van der Waals surface area contributed by atoms with E-state index in [1.54, 1.807) is 12.1 Å². The van der Waals surface area contributed by atoms with Crippen molar-refractivity contribution in [1.29, 1.82) is 0 Å². The van der Waals surface area contributed by atoms with Crippen LogP contribution in [0.25, 0.3) is 0 Å². The predicted octanol–water partition coefficient (Wildman–Crippen LogP) is 3.44. The first-order chi connectivity index (χ1) is 12.2. The van der Waals surface area contributed by atoms with Gasteiger partial charge in [-0.1, -0.05) is 23.4 Å². The molecule has 1 aromatic heterocycles. The molecule has 0 aliphatic carbocycles. The molecule has 1 unspecified atom stereocenters. The monoisotopic (exact) mass is 346 g/mol. The van der Waals surface area contributed by atoms with E-state index in [1.807, 2.05) is 12.1 Å². The van der Waals surface area contributed by atoms with E-state index in [0.717, 1.165) is 12.1 Å². The van der Waals surface area contributed by atoms with E-state index < -0.39 is 23.5 Å². The second kappa shape index (κ2) is 6.39. The van der Waals surface area contributed by atoms with Crippen molar-refractivity contribution in [2.24, 2.45) is 0 Å². The first kappa shape index (κ1) is 15.4. The Morgan fingerprint density at radius 3 is 2.60 bits per heavy atom. The summed E-state index contributed by atoms with van der Waals surface area (Å²) in [6.07, 6.45) is -0.568. The van der Waals surface area contributed by atoms with Crippen molar-refractivity contribution < 1.29 is 27.5 Å². The Bertz CT molecular complexity index is 880. The fourth-order valence-corrected chi connectivity index (χ4v) is 2.36. The van der Waals surface area contributed by atoms with E-state index in [1.165, 1.54) is 6.07 Å². The van der Waals surface area contributed by atoms with Gasteiger partial charge in [-0.3, -0.25) is 0 Å². The molecule has 1 aliphatic rings. The highest BCUT2D eigenvalue weighted by Gasteiger charge is 2.27. The first-order valence-corrected chi connectivity index (χ1v) is 7.48. The average molecular weight is 346 g/mol. The molecule has 25 heavy (non-hydrogen) atoms. The van der Waals surface area contributed by atoms with Crippen LogP contribution in [0.5, 0.6) is 17.2 Å². The van der Waals surface area contributed by atoms with Crippen molar-refractivity contribution in [2.75, 3.05) is 6.61 Å². The number of halogens is 2. The van der Waals surface area contributed by atoms with Crippen molar-refractivity contribution >= 4 is 0 Å². The van der Waals surface area contributed by atoms with E-state index in [9.17, 15) is 8.78 Å². The fourth-order valence-electron chi connectivity index (χ4n) is 2.36. The average Bonchev–Trinajstić information content (AvgIpc) is 3.10. The normalized spacial score (nSPS) is 15.8. The molecule has 0 radical (unpaired) electrons. The maximum atomic E-state index is 13.5.